The summed E-state index contributed by atoms with van der Waals surface area (Å²) in [5.41, 5.74) is 3.87. The quantitative estimate of drug-likeness (QED) is 0.515. The predicted molar refractivity (Wildman–Crippen MR) is 108 cm³/mol. The van der Waals surface area contributed by atoms with E-state index in [1.807, 2.05) is 18.2 Å². The first-order valence-electron chi connectivity index (χ1n) is 8.04. The summed E-state index contributed by atoms with van der Waals surface area (Å²) in [4.78, 5) is 24.4. The second kappa shape index (κ2) is 9.72. The van der Waals surface area contributed by atoms with E-state index >= 15 is 0 Å². The Morgan fingerprint density at radius 2 is 1.85 bits per heavy atom. The van der Waals surface area contributed by atoms with Gasteiger partial charge in [0, 0.05) is 16.3 Å². The smallest absolute Gasteiger partial charge is 0.275 e. The zero-order chi connectivity index (χ0) is 19.8. The van der Waals surface area contributed by atoms with Crippen molar-refractivity contribution in [2.45, 2.75) is 13.3 Å². The molecular weight excluding hydrogens is 414 g/mol. The number of hydrogen-bond acceptors (Lipinski definition) is 5. The number of carbonyl (C=O) groups excluding carboxylic acids is 2. The Labute approximate surface area is 165 Å². The molecule has 27 heavy (non-hydrogen) atoms. The van der Waals surface area contributed by atoms with E-state index in [2.05, 4.69) is 31.8 Å². The number of halogens is 1. The van der Waals surface area contributed by atoms with Crippen LogP contribution in [0.25, 0.3) is 0 Å². The van der Waals surface area contributed by atoms with Crippen LogP contribution in [-0.2, 0) is 4.79 Å². The topological polar surface area (TPSA) is 89.0 Å². The summed E-state index contributed by atoms with van der Waals surface area (Å²) in [7, 11) is 2.99. The lowest BCUT2D eigenvalue weighted by atomic mass is 10.2. The maximum atomic E-state index is 12.3. The molecular formula is C19H20BrN3O4. The zero-order valence-corrected chi connectivity index (χ0v) is 16.8. The van der Waals surface area contributed by atoms with Crippen molar-refractivity contribution in [3.8, 4) is 11.5 Å². The number of nitrogens with one attached hydrogen (secondary N) is 2. The first kappa shape index (κ1) is 20.4. The lowest BCUT2D eigenvalue weighted by Gasteiger charge is -2.10. The number of para-hydroxylation sites is 1. The van der Waals surface area contributed by atoms with E-state index in [0.29, 0.717) is 28.5 Å². The van der Waals surface area contributed by atoms with Crippen LogP contribution < -0.4 is 20.2 Å². The van der Waals surface area contributed by atoms with E-state index in [9.17, 15) is 9.59 Å². The van der Waals surface area contributed by atoms with Crippen molar-refractivity contribution < 1.29 is 19.1 Å². The normalized spacial score (nSPS) is 10.9. The molecule has 0 bridgehead atoms. The lowest BCUT2D eigenvalue weighted by molar-refractivity contribution is -0.115. The number of carbonyl (C=O) groups is 2. The maximum Gasteiger partial charge on any atom is 0.275 e. The standard InChI is InChI=1S/C19H20BrN3O4/c1-12(10-18(24)21-16-7-5-4-6-15(16)20)22-23-19(25)14-9-8-13(26-2)11-17(14)27-3/h4-9,11H,10H2,1-3H3,(H,21,24)(H,23,25). The van der Waals surface area contributed by atoms with E-state index < -0.39 is 5.91 Å². The van der Waals surface area contributed by atoms with Gasteiger partial charge in [-0.2, -0.15) is 5.10 Å². The third-order valence-corrected chi connectivity index (χ3v) is 4.26. The Kier molecular flexibility index (Phi) is 7.36. The van der Waals surface area contributed by atoms with Gasteiger partial charge in [0.1, 0.15) is 11.5 Å². The Morgan fingerprint density at radius 3 is 2.52 bits per heavy atom. The summed E-state index contributed by atoms with van der Waals surface area (Å²) in [5.74, 6) is 0.262. The Hall–Kier alpha value is -2.87. The monoisotopic (exact) mass is 433 g/mol. The highest BCUT2D eigenvalue weighted by Gasteiger charge is 2.13. The summed E-state index contributed by atoms with van der Waals surface area (Å²) < 4.78 is 11.1. The van der Waals surface area contributed by atoms with Gasteiger partial charge in [-0.25, -0.2) is 5.43 Å². The molecule has 0 fully saturated rings. The van der Waals surface area contributed by atoms with Gasteiger partial charge in [-0.05, 0) is 47.1 Å². The molecule has 2 aromatic carbocycles. The maximum absolute atomic E-state index is 12.3. The molecule has 7 nitrogen and oxygen atoms in total. The minimum absolute atomic E-state index is 0.0430. The highest BCUT2D eigenvalue weighted by molar-refractivity contribution is 9.10. The van der Waals surface area contributed by atoms with Gasteiger partial charge in [-0.1, -0.05) is 12.1 Å². The van der Waals surface area contributed by atoms with Crippen molar-refractivity contribution in [3.63, 3.8) is 0 Å². The first-order valence-corrected chi connectivity index (χ1v) is 8.83. The number of amides is 2. The Morgan fingerprint density at radius 1 is 1.11 bits per heavy atom. The molecule has 0 saturated heterocycles. The van der Waals surface area contributed by atoms with Gasteiger partial charge in [-0.15, -0.1) is 0 Å². The third kappa shape index (κ3) is 5.82. The molecule has 142 valence electrons. The molecule has 0 aliphatic carbocycles. The number of hydrazone groups is 1. The SMILES string of the molecule is COc1ccc(C(=O)NN=C(C)CC(=O)Nc2ccccc2Br)c(OC)c1. The number of hydrogen-bond donors (Lipinski definition) is 2. The molecule has 2 N–H and O–H groups in total. The summed E-state index contributed by atoms with van der Waals surface area (Å²) in [6.45, 7) is 1.66. The average Bonchev–Trinajstić information content (AvgIpc) is 2.67. The summed E-state index contributed by atoms with van der Waals surface area (Å²) in [6, 6.07) is 12.1. The third-order valence-electron chi connectivity index (χ3n) is 3.57. The van der Waals surface area contributed by atoms with Crippen molar-refractivity contribution >= 4 is 39.1 Å². The number of nitrogens with zero attached hydrogens (tertiary/aromatic N) is 1. The second-order valence-corrected chi connectivity index (χ2v) is 6.41. The van der Waals surface area contributed by atoms with Crippen LogP contribution in [0.15, 0.2) is 52.0 Å². The van der Waals surface area contributed by atoms with Crippen molar-refractivity contribution in [2.24, 2.45) is 5.10 Å². The van der Waals surface area contributed by atoms with Crippen LogP contribution in [0.5, 0.6) is 11.5 Å². The molecule has 0 aliphatic rings. The number of anilines is 1. The van der Waals surface area contributed by atoms with E-state index in [-0.39, 0.29) is 12.3 Å². The highest BCUT2D eigenvalue weighted by Crippen LogP contribution is 2.24. The van der Waals surface area contributed by atoms with Gasteiger partial charge >= 0.3 is 0 Å². The van der Waals surface area contributed by atoms with E-state index in [4.69, 9.17) is 9.47 Å². The van der Waals surface area contributed by atoms with Crippen LogP contribution in [0.1, 0.15) is 23.7 Å². The van der Waals surface area contributed by atoms with Crippen LogP contribution in [0, 0.1) is 0 Å². The van der Waals surface area contributed by atoms with E-state index in [1.165, 1.54) is 14.2 Å². The number of benzene rings is 2. The second-order valence-electron chi connectivity index (χ2n) is 5.56. The Balaban J connectivity index is 1.97. The van der Waals surface area contributed by atoms with Crippen molar-refractivity contribution in [3.05, 3.63) is 52.5 Å². The van der Waals surface area contributed by atoms with Gasteiger partial charge in [0.2, 0.25) is 5.91 Å². The fraction of sp³-hybridized carbons (Fsp3) is 0.211. The molecule has 2 aromatic rings. The van der Waals surface area contributed by atoms with Crippen molar-refractivity contribution in [2.75, 3.05) is 19.5 Å². The minimum atomic E-state index is -0.444. The molecule has 0 aliphatic heterocycles. The number of ether oxygens (including phenoxy) is 2. The average molecular weight is 434 g/mol. The first-order chi connectivity index (χ1) is 12.9. The molecule has 8 heteroatoms. The molecule has 0 aromatic heterocycles. The predicted octanol–water partition coefficient (Wildman–Crippen LogP) is 3.60. The molecule has 0 atom stereocenters. The molecule has 0 saturated carbocycles. The van der Waals surface area contributed by atoms with Crippen LogP contribution in [0.4, 0.5) is 5.69 Å². The lowest BCUT2D eigenvalue weighted by Crippen LogP contribution is -2.22. The van der Waals surface area contributed by atoms with Crippen LogP contribution in [-0.4, -0.2) is 31.7 Å². The van der Waals surface area contributed by atoms with Gasteiger partial charge in [0.05, 0.1) is 31.9 Å². The fourth-order valence-corrected chi connectivity index (χ4v) is 2.61. The van der Waals surface area contributed by atoms with E-state index in [0.717, 1.165) is 4.47 Å². The van der Waals surface area contributed by atoms with Crippen LogP contribution in [0.2, 0.25) is 0 Å². The fourth-order valence-electron chi connectivity index (χ4n) is 2.22. The summed E-state index contributed by atoms with van der Waals surface area (Å²) >= 11 is 3.37. The summed E-state index contributed by atoms with van der Waals surface area (Å²) in [5, 5.41) is 6.76. The van der Waals surface area contributed by atoms with Crippen LogP contribution >= 0.6 is 15.9 Å². The molecule has 2 rings (SSSR count). The zero-order valence-electron chi connectivity index (χ0n) is 15.2. The van der Waals surface area contributed by atoms with Gasteiger partial charge in [0.25, 0.3) is 5.91 Å². The molecule has 0 spiro atoms. The number of methoxy groups -OCH3 is 2. The van der Waals surface area contributed by atoms with Crippen molar-refractivity contribution in [1.29, 1.82) is 0 Å². The Bertz CT molecular complexity index is 868. The largest absolute Gasteiger partial charge is 0.497 e. The minimum Gasteiger partial charge on any atom is -0.497 e. The van der Waals surface area contributed by atoms with Gasteiger partial charge < -0.3 is 14.8 Å². The van der Waals surface area contributed by atoms with Gasteiger partial charge in [-0.3, -0.25) is 9.59 Å². The van der Waals surface area contributed by atoms with Gasteiger partial charge in [0.15, 0.2) is 0 Å². The molecule has 0 unspecified atom stereocenters. The molecule has 0 radical (unpaired) electrons. The summed E-state index contributed by atoms with van der Waals surface area (Å²) in [6.07, 6.45) is 0.0430. The molecule has 2 amide bonds. The number of rotatable bonds is 7. The highest BCUT2D eigenvalue weighted by atomic mass is 79.9. The van der Waals surface area contributed by atoms with E-state index in [1.54, 1.807) is 31.2 Å². The van der Waals surface area contributed by atoms with Crippen LogP contribution in [0.3, 0.4) is 0 Å². The molecule has 0 heterocycles. The van der Waals surface area contributed by atoms with Crippen molar-refractivity contribution in [1.82, 2.24) is 5.43 Å².